The van der Waals surface area contributed by atoms with E-state index in [-0.39, 0.29) is 5.92 Å². The molecular formula is C21H13N2S. The zero-order chi connectivity index (χ0) is 15.9. The van der Waals surface area contributed by atoms with Gasteiger partial charge in [-0.25, -0.2) is 9.38 Å². The van der Waals surface area contributed by atoms with Crippen molar-refractivity contribution in [3.8, 4) is 0 Å². The summed E-state index contributed by atoms with van der Waals surface area (Å²) in [6.07, 6.45) is 3.34. The summed E-state index contributed by atoms with van der Waals surface area (Å²) in [5.74, 6) is 0.0280. The molecule has 0 fully saturated rings. The quantitative estimate of drug-likeness (QED) is 0.341. The maximum atomic E-state index is 4.83. The van der Waals surface area contributed by atoms with Gasteiger partial charge in [0.05, 0.1) is 23.2 Å². The molecule has 2 heterocycles. The molecule has 1 aliphatic heterocycles. The van der Waals surface area contributed by atoms with Gasteiger partial charge in [0.25, 0.3) is 0 Å². The Morgan fingerprint density at radius 3 is 2.12 bits per heavy atom. The van der Waals surface area contributed by atoms with Gasteiger partial charge in [0.1, 0.15) is 0 Å². The van der Waals surface area contributed by atoms with Gasteiger partial charge >= 0.3 is 0 Å². The van der Waals surface area contributed by atoms with Crippen LogP contribution in [0.1, 0.15) is 17.0 Å². The van der Waals surface area contributed by atoms with Gasteiger partial charge in [-0.05, 0) is 29.3 Å². The van der Waals surface area contributed by atoms with Crippen molar-refractivity contribution in [2.75, 3.05) is 0 Å². The minimum absolute atomic E-state index is 0.0280. The second-order valence-corrected chi connectivity index (χ2v) is 6.65. The van der Waals surface area contributed by atoms with Gasteiger partial charge in [-0.1, -0.05) is 54.6 Å². The monoisotopic (exact) mass is 325 g/mol. The number of pyridine rings is 1. The second kappa shape index (κ2) is 5.46. The Labute approximate surface area is 144 Å². The fourth-order valence-electron chi connectivity index (χ4n) is 3.40. The summed E-state index contributed by atoms with van der Waals surface area (Å²) < 4.78 is 4.44. The third-order valence-electron chi connectivity index (χ3n) is 4.47. The number of aromatic nitrogens is 1. The summed E-state index contributed by atoms with van der Waals surface area (Å²) in [6.45, 7) is 0. The molecule has 0 aliphatic carbocycles. The number of fused-ring (bicyclic) bond motifs is 3. The summed E-state index contributed by atoms with van der Waals surface area (Å²) in [6, 6.07) is 25.1. The highest BCUT2D eigenvalue weighted by Crippen LogP contribution is 2.41. The molecule has 0 spiro atoms. The van der Waals surface area contributed by atoms with Crippen LogP contribution in [0.15, 0.2) is 82.1 Å². The molecule has 0 N–H and O–H groups in total. The van der Waals surface area contributed by atoms with Crippen molar-refractivity contribution in [2.24, 2.45) is 4.40 Å². The molecule has 3 heteroatoms. The SMILES string of the molecule is [C]1=NSc2ccccc2C1c1c2ccccc2nc2ccccc12. The van der Waals surface area contributed by atoms with Gasteiger partial charge in [-0.15, -0.1) is 0 Å². The molecule has 4 aromatic rings. The van der Waals surface area contributed by atoms with Crippen molar-refractivity contribution in [2.45, 2.75) is 10.8 Å². The molecule has 1 radical (unpaired) electrons. The fourth-order valence-corrected chi connectivity index (χ4v) is 4.09. The molecule has 1 aliphatic rings. The van der Waals surface area contributed by atoms with Crippen molar-refractivity contribution in [1.82, 2.24) is 4.98 Å². The first kappa shape index (κ1) is 13.8. The number of para-hydroxylation sites is 2. The first-order valence-electron chi connectivity index (χ1n) is 7.91. The van der Waals surface area contributed by atoms with Gasteiger partial charge in [-0.3, -0.25) is 0 Å². The zero-order valence-corrected chi connectivity index (χ0v) is 13.6. The van der Waals surface area contributed by atoms with Crippen molar-refractivity contribution >= 4 is 40.0 Å². The van der Waals surface area contributed by atoms with E-state index in [0.29, 0.717) is 0 Å². The molecule has 2 nitrogen and oxygen atoms in total. The molecule has 1 aromatic heterocycles. The van der Waals surface area contributed by atoms with Gasteiger partial charge in [0.2, 0.25) is 0 Å². The average Bonchev–Trinajstić information content (AvgIpc) is 2.66. The van der Waals surface area contributed by atoms with E-state index in [1.165, 1.54) is 38.7 Å². The molecule has 113 valence electrons. The topological polar surface area (TPSA) is 25.2 Å². The summed E-state index contributed by atoms with van der Waals surface area (Å²) >= 11 is 1.50. The van der Waals surface area contributed by atoms with Gasteiger partial charge in [-0.2, -0.15) is 0 Å². The van der Waals surface area contributed by atoms with Crippen LogP contribution >= 0.6 is 11.9 Å². The minimum Gasteiger partial charge on any atom is -0.248 e. The number of nitrogens with zero attached hydrogens (tertiary/aromatic N) is 2. The van der Waals surface area contributed by atoms with Crippen LogP contribution in [-0.2, 0) is 0 Å². The van der Waals surface area contributed by atoms with Crippen LogP contribution in [0.25, 0.3) is 21.8 Å². The van der Waals surface area contributed by atoms with E-state index >= 15 is 0 Å². The Hall–Kier alpha value is -2.65. The molecule has 0 saturated carbocycles. The predicted octanol–water partition coefficient (Wildman–Crippen LogP) is 5.49. The molecule has 0 amide bonds. The first-order chi connectivity index (χ1) is 11.9. The highest BCUT2D eigenvalue weighted by molar-refractivity contribution is 7.98. The second-order valence-electron chi connectivity index (χ2n) is 5.84. The van der Waals surface area contributed by atoms with Crippen LogP contribution in [0.4, 0.5) is 0 Å². The molecule has 0 saturated heterocycles. The summed E-state index contributed by atoms with van der Waals surface area (Å²) in [5, 5.41) is 2.34. The highest BCUT2D eigenvalue weighted by atomic mass is 32.2. The van der Waals surface area contributed by atoms with Gasteiger partial charge in [0.15, 0.2) is 0 Å². The van der Waals surface area contributed by atoms with Crippen molar-refractivity contribution in [3.63, 3.8) is 0 Å². The first-order valence-corrected chi connectivity index (χ1v) is 8.68. The van der Waals surface area contributed by atoms with E-state index in [4.69, 9.17) is 4.98 Å². The zero-order valence-electron chi connectivity index (χ0n) is 12.8. The molecule has 1 unspecified atom stereocenters. The van der Waals surface area contributed by atoms with E-state index in [2.05, 4.69) is 71.3 Å². The predicted molar refractivity (Wildman–Crippen MR) is 101 cm³/mol. The summed E-state index contributed by atoms with van der Waals surface area (Å²) in [5.41, 5.74) is 4.54. The highest BCUT2D eigenvalue weighted by Gasteiger charge is 2.24. The molecule has 3 aromatic carbocycles. The Balaban J connectivity index is 1.91. The van der Waals surface area contributed by atoms with Crippen LogP contribution < -0.4 is 0 Å². The molecule has 1 atom stereocenters. The molecule has 5 rings (SSSR count). The standard InChI is InChI=1S/C21H13N2S/c1-4-10-18-15(8-1)21(16-9-2-5-11-19(16)23-18)17-13-22-24-20-12-6-3-7-14(17)20/h1-12,17H. The van der Waals surface area contributed by atoms with Gasteiger partial charge < -0.3 is 0 Å². The Bertz CT molecular complexity index is 1050. The maximum Gasteiger partial charge on any atom is 0.0842 e. The smallest absolute Gasteiger partial charge is 0.0842 e. The van der Waals surface area contributed by atoms with Crippen LogP contribution in [0, 0.1) is 0 Å². The van der Waals surface area contributed by atoms with Crippen LogP contribution in [-0.4, -0.2) is 11.2 Å². The van der Waals surface area contributed by atoms with Crippen LogP contribution in [0.3, 0.4) is 0 Å². The van der Waals surface area contributed by atoms with E-state index < -0.39 is 0 Å². The normalized spacial score (nSPS) is 16.4. The molecule has 24 heavy (non-hydrogen) atoms. The van der Waals surface area contributed by atoms with E-state index in [1.54, 1.807) is 0 Å². The van der Waals surface area contributed by atoms with Crippen molar-refractivity contribution < 1.29 is 0 Å². The van der Waals surface area contributed by atoms with E-state index in [1.807, 2.05) is 12.1 Å². The third-order valence-corrected chi connectivity index (χ3v) is 5.24. The van der Waals surface area contributed by atoms with Crippen LogP contribution in [0.5, 0.6) is 0 Å². The van der Waals surface area contributed by atoms with Crippen LogP contribution in [0.2, 0.25) is 0 Å². The lowest BCUT2D eigenvalue weighted by Crippen LogP contribution is -2.08. The molecular weight excluding hydrogens is 312 g/mol. The van der Waals surface area contributed by atoms with E-state index in [0.717, 1.165) is 11.0 Å². The Kier molecular flexibility index (Phi) is 3.13. The third kappa shape index (κ3) is 2.05. The van der Waals surface area contributed by atoms with Crippen molar-refractivity contribution in [1.29, 1.82) is 0 Å². The summed E-state index contributed by atoms with van der Waals surface area (Å²) in [7, 11) is 0. The number of hydrogen-bond donors (Lipinski definition) is 0. The molecule has 0 bridgehead atoms. The largest absolute Gasteiger partial charge is 0.248 e. The Morgan fingerprint density at radius 2 is 1.38 bits per heavy atom. The number of benzene rings is 3. The number of hydrogen-bond acceptors (Lipinski definition) is 3. The van der Waals surface area contributed by atoms with Gasteiger partial charge in [0, 0.05) is 27.6 Å². The number of rotatable bonds is 1. The fraction of sp³-hybridized carbons (Fsp3) is 0.0476. The lowest BCUT2D eigenvalue weighted by atomic mass is 9.87. The lowest BCUT2D eigenvalue weighted by molar-refractivity contribution is 1.07. The lowest BCUT2D eigenvalue weighted by Gasteiger charge is -2.22. The average molecular weight is 325 g/mol. The van der Waals surface area contributed by atoms with E-state index in [9.17, 15) is 0 Å². The Morgan fingerprint density at radius 1 is 0.750 bits per heavy atom. The van der Waals surface area contributed by atoms with Crippen molar-refractivity contribution in [3.05, 3.63) is 83.9 Å². The minimum atomic E-state index is 0.0280. The summed E-state index contributed by atoms with van der Waals surface area (Å²) in [4.78, 5) is 6.03. The maximum absolute atomic E-state index is 4.83.